The molecule has 0 aliphatic carbocycles. The van der Waals surface area contributed by atoms with E-state index in [1.54, 1.807) is 24.3 Å². The monoisotopic (exact) mass is 273 g/mol. The molecule has 5 nitrogen and oxygen atoms in total. The summed E-state index contributed by atoms with van der Waals surface area (Å²) in [5, 5.41) is 0. The van der Waals surface area contributed by atoms with Crippen LogP contribution in [0.3, 0.4) is 0 Å². The van der Waals surface area contributed by atoms with E-state index >= 15 is 0 Å². The van der Waals surface area contributed by atoms with E-state index in [1.165, 1.54) is 37.1 Å². The Balaban J connectivity index is 3.14. The summed E-state index contributed by atoms with van der Waals surface area (Å²) in [4.78, 5) is 34.4. The Bertz CT molecular complexity index is 546. The molecule has 0 atom stereocenters. The number of para-hydroxylation sites is 1. The van der Waals surface area contributed by atoms with E-state index < -0.39 is 5.97 Å². The van der Waals surface area contributed by atoms with Crippen LogP contribution in [-0.4, -0.2) is 18.2 Å². The molecule has 5 heteroatoms. The standard InChI is InChI=1S/C15H15NO4/c1-12(18)16(14-7-4-3-5-8-14)11-15(9-6-10-17)20-13(2)19/h3-11H,1-2H3/b9-6+,15-11-. The number of carbonyl (C=O) groups excluding carboxylic acids is 3. The average molecular weight is 273 g/mol. The second-order valence-corrected chi connectivity index (χ2v) is 3.84. The van der Waals surface area contributed by atoms with Gasteiger partial charge in [-0.1, -0.05) is 18.2 Å². The molecule has 0 saturated heterocycles. The van der Waals surface area contributed by atoms with Crippen molar-refractivity contribution in [1.29, 1.82) is 0 Å². The predicted molar refractivity (Wildman–Crippen MR) is 74.7 cm³/mol. The second kappa shape index (κ2) is 7.68. The van der Waals surface area contributed by atoms with E-state index in [1.807, 2.05) is 6.07 Å². The van der Waals surface area contributed by atoms with Crippen molar-refractivity contribution in [2.24, 2.45) is 0 Å². The second-order valence-electron chi connectivity index (χ2n) is 3.84. The number of hydrogen-bond donors (Lipinski definition) is 0. The van der Waals surface area contributed by atoms with Crippen molar-refractivity contribution < 1.29 is 19.1 Å². The quantitative estimate of drug-likeness (QED) is 0.271. The third-order valence-electron chi connectivity index (χ3n) is 2.23. The number of hydrogen-bond acceptors (Lipinski definition) is 4. The van der Waals surface area contributed by atoms with Gasteiger partial charge in [-0.2, -0.15) is 0 Å². The molecule has 0 spiro atoms. The molecular weight excluding hydrogens is 258 g/mol. The first kappa shape index (κ1) is 15.4. The van der Waals surface area contributed by atoms with Gasteiger partial charge >= 0.3 is 5.97 Å². The van der Waals surface area contributed by atoms with E-state index in [0.717, 1.165) is 0 Å². The molecule has 0 bridgehead atoms. The SMILES string of the molecule is CC(=O)OC(=C\N(C(C)=O)c1ccccc1)/C=C/C=O. The molecule has 1 rings (SSSR count). The first-order chi connectivity index (χ1) is 9.54. The minimum atomic E-state index is -0.539. The third kappa shape index (κ3) is 4.89. The number of ether oxygens (including phenoxy) is 1. The Kier molecular flexibility index (Phi) is 5.90. The lowest BCUT2D eigenvalue weighted by atomic mass is 10.3. The van der Waals surface area contributed by atoms with Gasteiger partial charge in [0, 0.05) is 19.5 Å². The van der Waals surface area contributed by atoms with Gasteiger partial charge in [-0.05, 0) is 24.3 Å². The van der Waals surface area contributed by atoms with Gasteiger partial charge in [0.2, 0.25) is 5.91 Å². The summed E-state index contributed by atoms with van der Waals surface area (Å²) in [7, 11) is 0. The molecule has 104 valence electrons. The van der Waals surface area contributed by atoms with Crippen molar-refractivity contribution in [2.75, 3.05) is 4.90 Å². The van der Waals surface area contributed by atoms with Gasteiger partial charge in [0.05, 0.1) is 6.20 Å². The molecule has 0 aliphatic rings. The Labute approximate surface area is 117 Å². The molecule has 0 aromatic heterocycles. The summed E-state index contributed by atoms with van der Waals surface area (Å²) in [6.07, 6.45) is 4.41. The number of aldehydes is 1. The summed E-state index contributed by atoms with van der Waals surface area (Å²) in [6, 6.07) is 8.88. The topological polar surface area (TPSA) is 63.7 Å². The maximum absolute atomic E-state index is 11.7. The number of benzene rings is 1. The van der Waals surface area contributed by atoms with E-state index in [0.29, 0.717) is 12.0 Å². The molecule has 0 aliphatic heterocycles. The van der Waals surface area contributed by atoms with Crippen molar-refractivity contribution in [3.05, 3.63) is 54.4 Å². The molecule has 0 fully saturated rings. The summed E-state index contributed by atoms with van der Waals surface area (Å²) in [5.74, 6) is -0.688. The van der Waals surface area contributed by atoms with Crippen molar-refractivity contribution >= 4 is 23.9 Å². The number of anilines is 1. The molecular formula is C15H15NO4. The molecule has 0 unspecified atom stereocenters. The van der Waals surface area contributed by atoms with Crippen LogP contribution in [0.25, 0.3) is 0 Å². The van der Waals surface area contributed by atoms with Gasteiger partial charge in [0.15, 0.2) is 0 Å². The zero-order chi connectivity index (χ0) is 15.0. The molecule has 1 aromatic rings. The fourth-order valence-corrected chi connectivity index (χ4v) is 1.47. The van der Waals surface area contributed by atoms with Crippen LogP contribution in [0, 0.1) is 0 Å². The van der Waals surface area contributed by atoms with Gasteiger partial charge < -0.3 is 4.74 Å². The Morgan fingerprint density at radius 3 is 2.30 bits per heavy atom. The number of carbonyl (C=O) groups is 3. The number of allylic oxidation sites excluding steroid dienone is 2. The lowest BCUT2D eigenvalue weighted by Crippen LogP contribution is -2.23. The first-order valence-corrected chi connectivity index (χ1v) is 5.91. The van der Waals surface area contributed by atoms with Crippen LogP contribution in [-0.2, 0) is 19.1 Å². The largest absolute Gasteiger partial charge is 0.425 e. The lowest BCUT2D eigenvalue weighted by Gasteiger charge is -2.17. The third-order valence-corrected chi connectivity index (χ3v) is 2.23. The summed E-state index contributed by atoms with van der Waals surface area (Å²) in [6.45, 7) is 2.63. The highest BCUT2D eigenvalue weighted by Gasteiger charge is 2.10. The minimum Gasteiger partial charge on any atom is -0.425 e. The van der Waals surface area contributed by atoms with Gasteiger partial charge in [-0.25, -0.2) is 0 Å². The van der Waals surface area contributed by atoms with E-state index in [9.17, 15) is 14.4 Å². The molecule has 0 radical (unpaired) electrons. The lowest BCUT2D eigenvalue weighted by molar-refractivity contribution is -0.136. The Morgan fingerprint density at radius 1 is 1.15 bits per heavy atom. The maximum atomic E-state index is 11.7. The van der Waals surface area contributed by atoms with Crippen LogP contribution in [0.2, 0.25) is 0 Å². The summed E-state index contributed by atoms with van der Waals surface area (Å²) in [5.41, 5.74) is 0.629. The van der Waals surface area contributed by atoms with Crippen molar-refractivity contribution in [3.63, 3.8) is 0 Å². The molecule has 1 amide bonds. The summed E-state index contributed by atoms with van der Waals surface area (Å²) < 4.78 is 4.94. The van der Waals surface area contributed by atoms with E-state index in [2.05, 4.69) is 0 Å². The number of esters is 1. The van der Waals surface area contributed by atoms with Gasteiger partial charge in [-0.15, -0.1) is 0 Å². The van der Waals surface area contributed by atoms with Crippen LogP contribution in [0.1, 0.15) is 13.8 Å². The number of nitrogens with zero attached hydrogens (tertiary/aromatic N) is 1. The summed E-state index contributed by atoms with van der Waals surface area (Å²) >= 11 is 0. The zero-order valence-electron chi connectivity index (χ0n) is 11.3. The molecule has 0 heterocycles. The Morgan fingerprint density at radius 2 is 1.80 bits per heavy atom. The minimum absolute atomic E-state index is 0.101. The predicted octanol–water partition coefficient (Wildman–Crippen LogP) is 2.20. The number of rotatable bonds is 5. The van der Waals surface area contributed by atoms with Crippen LogP contribution in [0.4, 0.5) is 5.69 Å². The molecule has 0 N–H and O–H groups in total. The molecule has 1 aromatic carbocycles. The normalized spacial score (nSPS) is 11.2. The highest BCUT2D eigenvalue weighted by molar-refractivity contribution is 5.93. The molecule has 20 heavy (non-hydrogen) atoms. The first-order valence-electron chi connectivity index (χ1n) is 5.91. The van der Waals surface area contributed by atoms with Crippen LogP contribution >= 0.6 is 0 Å². The van der Waals surface area contributed by atoms with E-state index in [4.69, 9.17) is 4.74 Å². The van der Waals surface area contributed by atoms with Crippen LogP contribution in [0.5, 0.6) is 0 Å². The van der Waals surface area contributed by atoms with Gasteiger partial charge in [0.25, 0.3) is 0 Å². The molecule has 0 saturated carbocycles. The number of amides is 1. The van der Waals surface area contributed by atoms with Gasteiger partial charge in [-0.3, -0.25) is 19.3 Å². The highest BCUT2D eigenvalue weighted by Crippen LogP contribution is 2.16. The van der Waals surface area contributed by atoms with Crippen LogP contribution in [0.15, 0.2) is 54.4 Å². The highest BCUT2D eigenvalue weighted by atomic mass is 16.5. The van der Waals surface area contributed by atoms with Crippen molar-refractivity contribution in [3.8, 4) is 0 Å². The van der Waals surface area contributed by atoms with Crippen LogP contribution < -0.4 is 4.90 Å². The van der Waals surface area contributed by atoms with Crippen molar-refractivity contribution in [1.82, 2.24) is 0 Å². The maximum Gasteiger partial charge on any atom is 0.308 e. The fraction of sp³-hybridized carbons (Fsp3) is 0.133. The van der Waals surface area contributed by atoms with E-state index in [-0.39, 0.29) is 11.7 Å². The van der Waals surface area contributed by atoms with Crippen molar-refractivity contribution in [2.45, 2.75) is 13.8 Å². The zero-order valence-corrected chi connectivity index (χ0v) is 11.3. The Hall–Kier alpha value is -2.69. The smallest absolute Gasteiger partial charge is 0.308 e. The van der Waals surface area contributed by atoms with Gasteiger partial charge in [0.1, 0.15) is 12.0 Å². The fourth-order valence-electron chi connectivity index (χ4n) is 1.47. The average Bonchev–Trinajstić information content (AvgIpc) is 2.41.